The largest absolute Gasteiger partial charge is 0.501 e. The van der Waals surface area contributed by atoms with Gasteiger partial charge in [-0.1, -0.05) is 31.5 Å². The molecule has 2 rings (SSSR count). The van der Waals surface area contributed by atoms with E-state index in [0.29, 0.717) is 0 Å². The molecule has 0 spiro atoms. The van der Waals surface area contributed by atoms with E-state index in [4.69, 9.17) is 4.74 Å². The first-order chi connectivity index (χ1) is 8.40. The monoisotopic (exact) mass is 227 g/mol. The summed E-state index contributed by atoms with van der Waals surface area (Å²) in [5.74, 6) is 0. The normalized spacial score (nSPS) is 11.1. The summed E-state index contributed by atoms with van der Waals surface area (Å²) < 4.78 is 5.38. The van der Waals surface area contributed by atoms with Crippen molar-refractivity contribution in [2.45, 2.75) is 19.8 Å². The van der Waals surface area contributed by atoms with Crippen LogP contribution < -0.4 is 0 Å². The van der Waals surface area contributed by atoms with E-state index in [0.717, 1.165) is 35.9 Å². The topological polar surface area (TPSA) is 22.1 Å². The number of hydrogen-bond acceptors (Lipinski definition) is 2. The Labute approximate surface area is 102 Å². The summed E-state index contributed by atoms with van der Waals surface area (Å²) in [5.41, 5.74) is 2.09. The number of pyridine rings is 1. The van der Waals surface area contributed by atoms with Crippen LogP contribution in [-0.2, 0) is 4.74 Å². The SMILES string of the molecule is CCCCO/C=C\c1cnc2ccccc2c1. The highest BCUT2D eigenvalue weighted by Gasteiger charge is 1.93. The van der Waals surface area contributed by atoms with Crippen molar-refractivity contribution in [3.63, 3.8) is 0 Å². The van der Waals surface area contributed by atoms with Gasteiger partial charge in [0.2, 0.25) is 0 Å². The van der Waals surface area contributed by atoms with E-state index in [1.165, 1.54) is 0 Å². The number of unbranched alkanes of at least 4 members (excludes halogenated alkanes) is 1. The van der Waals surface area contributed by atoms with Gasteiger partial charge >= 0.3 is 0 Å². The summed E-state index contributed by atoms with van der Waals surface area (Å²) in [4.78, 5) is 4.39. The van der Waals surface area contributed by atoms with Crippen LogP contribution in [0.1, 0.15) is 25.3 Å². The predicted molar refractivity (Wildman–Crippen MR) is 71.6 cm³/mol. The second kappa shape index (κ2) is 6.04. The fraction of sp³-hybridized carbons (Fsp3) is 0.267. The standard InChI is InChI=1S/C15H17NO/c1-2-3-9-17-10-8-13-11-14-6-4-5-7-15(14)16-12-13/h4-8,10-12H,2-3,9H2,1H3/b10-8-. The molecule has 0 aliphatic rings. The van der Waals surface area contributed by atoms with Gasteiger partial charge < -0.3 is 4.74 Å². The lowest BCUT2D eigenvalue weighted by Crippen LogP contribution is -1.85. The third-order valence-corrected chi connectivity index (χ3v) is 2.58. The Kier molecular flexibility index (Phi) is 4.14. The highest BCUT2D eigenvalue weighted by Crippen LogP contribution is 2.13. The second-order valence-electron chi connectivity index (χ2n) is 3.99. The highest BCUT2D eigenvalue weighted by molar-refractivity contribution is 5.80. The molecule has 1 aromatic heterocycles. The first-order valence-corrected chi connectivity index (χ1v) is 6.03. The molecule has 0 amide bonds. The maximum atomic E-state index is 5.38. The van der Waals surface area contributed by atoms with Crippen molar-refractivity contribution < 1.29 is 4.74 Å². The molecule has 0 saturated carbocycles. The fourth-order valence-electron chi connectivity index (χ4n) is 1.60. The molecule has 0 saturated heterocycles. The molecule has 88 valence electrons. The Morgan fingerprint density at radius 1 is 1.29 bits per heavy atom. The molecule has 2 aromatic rings. The van der Waals surface area contributed by atoms with Gasteiger partial charge in [-0.3, -0.25) is 4.98 Å². The van der Waals surface area contributed by atoms with Gasteiger partial charge in [0.1, 0.15) is 0 Å². The number of nitrogens with zero attached hydrogens (tertiary/aromatic N) is 1. The summed E-state index contributed by atoms with van der Waals surface area (Å²) >= 11 is 0. The first-order valence-electron chi connectivity index (χ1n) is 6.03. The second-order valence-corrected chi connectivity index (χ2v) is 3.99. The Morgan fingerprint density at radius 2 is 2.18 bits per heavy atom. The molecule has 0 bridgehead atoms. The molecular weight excluding hydrogens is 210 g/mol. The Morgan fingerprint density at radius 3 is 3.06 bits per heavy atom. The zero-order chi connectivity index (χ0) is 11.9. The molecule has 2 heteroatoms. The average molecular weight is 227 g/mol. The van der Waals surface area contributed by atoms with Crippen LogP contribution >= 0.6 is 0 Å². The van der Waals surface area contributed by atoms with E-state index >= 15 is 0 Å². The van der Waals surface area contributed by atoms with Gasteiger partial charge in [0, 0.05) is 11.6 Å². The van der Waals surface area contributed by atoms with Crippen molar-refractivity contribution in [1.82, 2.24) is 4.98 Å². The number of benzene rings is 1. The molecule has 0 aliphatic heterocycles. The van der Waals surface area contributed by atoms with E-state index in [2.05, 4.69) is 24.0 Å². The molecule has 0 radical (unpaired) electrons. The van der Waals surface area contributed by atoms with Gasteiger partial charge in [-0.05, 0) is 30.2 Å². The predicted octanol–water partition coefficient (Wildman–Crippen LogP) is 4.02. The van der Waals surface area contributed by atoms with Crippen LogP contribution in [0.2, 0.25) is 0 Å². The van der Waals surface area contributed by atoms with Crippen LogP contribution in [0.4, 0.5) is 0 Å². The van der Waals surface area contributed by atoms with Crippen LogP contribution in [0.15, 0.2) is 42.8 Å². The van der Waals surface area contributed by atoms with Crippen molar-refractivity contribution >= 4 is 17.0 Å². The third-order valence-electron chi connectivity index (χ3n) is 2.58. The van der Waals surface area contributed by atoms with Gasteiger partial charge in [-0.25, -0.2) is 0 Å². The first kappa shape index (κ1) is 11.6. The lowest BCUT2D eigenvalue weighted by atomic mass is 10.1. The minimum Gasteiger partial charge on any atom is -0.501 e. The number of hydrogen-bond donors (Lipinski definition) is 0. The summed E-state index contributed by atoms with van der Waals surface area (Å²) in [6, 6.07) is 10.2. The van der Waals surface area contributed by atoms with Crippen molar-refractivity contribution in [2.75, 3.05) is 6.61 Å². The fourth-order valence-corrected chi connectivity index (χ4v) is 1.60. The maximum absolute atomic E-state index is 5.38. The molecule has 0 unspecified atom stereocenters. The molecule has 17 heavy (non-hydrogen) atoms. The summed E-state index contributed by atoms with van der Waals surface area (Å²) in [6.45, 7) is 2.94. The van der Waals surface area contributed by atoms with E-state index < -0.39 is 0 Å². The summed E-state index contributed by atoms with van der Waals surface area (Å²) in [6.07, 6.45) is 7.82. The highest BCUT2D eigenvalue weighted by atomic mass is 16.5. The Balaban J connectivity index is 2.04. The van der Waals surface area contributed by atoms with Gasteiger partial charge in [0.25, 0.3) is 0 Å². The quantitative estimate of drug-likeness (QED) is 0.568. The number of para-hydroxylation sites is 1. The smallest absolute Gasteiger partial charge is 0.0873 e. The number of rotatable bonds is 5. The van der Waals surface area contributed by atoms with Crippen LogP contribution in [-0.4, -0.2) is 11.6 Å². The molecule has 1 heterocycles. The van der Waals surface area contributed by atoms with Crippen LogP contribution in [0.25, 0.3) is 17.0 Å². The average Bonchev–Trinajstić information content (AvgIpc) is 2.38. The molecular formula is C15H17NO. The molecule has 1 aromatic carbocycles. The molecule has 2 nitrogen and oxygen atoms in total. The van der Waals surface area contributed by atoms with Gasteiger partial charge in [0.15, 0.2) is 0 Å². The third kappa shape index (κ3) is 3.31. The van der Waals surface area contributed by atoms with Crippen molar-refractivity contribution in [2.24, 2.45) is 0 Å². The molecule has 0 atom stereocenters. The minimum atomic E-state index is 0.786. The van der Waals surface area contributed by atoms with Gasteiger partial charge in [-0.15, -0.1) is 0 Å². The number of aromatic nitrogens is 1. The lowest BCUT2D eigenvalue weighted by Gasteiger charge is -1.99. The molecule has 0 fully saturated rings. The van der Waals surface area contributed by atoms with E-state index in [1.807, 2.05) is 30.5 Å². The minimum absolute atomic E-state index is 0.786. The molecule has 0 N–H and O–H groups in total. The van der Waals surface area contributed by atoms with Gasteiger partial charge in [-0.2, -0.15) is 0 Å². The lowest BCUT2D eigenvalue weighted by molar-refractivity contribution is 0.246. The Bertz CT molecular complexity index is 505. The van der Waals surface area contributed by atoms with Crippen molar-refractivity contribution in [1.29, 1.82) is 0 Å². The zero-order valence-electron chi connectivity index (χ0n) is 10.1. The number of fused-ring (bicyclic) bond motifs is 1. The van der Waals surface area contributed by atoms with E-state index in [1.54, 1.807) is 6.26 Å². The zero-order valence-corrected chi connectivity index (χ0v) is 10.1. The molecule has 0 aliphatic carbocycles. The van der Waals surface area contributed by atoms with E-state index in [9.17, 15) is 0 Å². The van der Waals surface area contributed by atoms with Gasteiger partial charge in [0.05, 0.1) is 18.4 Å². The van der Waals surface area contributed by atoms with Crippen LogP contribution in [0, 0.1) is 0 Å². The maximum Gasteiger partial charge on any atom is 0.0873 e. The summed E-state index contributed by atoms with van der Waals surface area (Å²) in [7, 11) is 0. The van der Waals surface area contributed by atoms with E-state index in [-0.39, 0.29) is 0 Å². The van der Waals surface area contributed by atoms with Crippen LogP contribution in [0.5, 0.6) is 0 Å². The van der Waals surface area contributed by atoms with Crippen molar-refractivity contribution in [3.8, 4) is 0 Å². The van der Waals surface area contributed by atoms with Crippen molar-refractivity contribution in [3.05, 3.63) is 48.4 Å². The Hall–Kier alpha value is -1.83. The number of ether oxygens (including phenoxy) is 1. The summed E-state index contributed by atoms with van der Waals surface area (Å²) in [5, 5.41) is 1.16. The van der Waals surface area contributed by atoms with Crippen LogP contribution in [0.3, 0.4) is 0 Å².